The molecule has 0 bridgehead atoms. The van der Waals surface area contributed by atoms with Crippen LogP contribution in [0.4, 0.5) is 0 Å². The van der Waals surface area contributed by atoms with Gasteiger partial charge in [0, 0.05) is 11.3 Å². The first-order chi connectivity index (χ1) is 15.1. The molecule has 2 aliphatic carbocycles. The molecular weight excluding hydrogens is 414 g/mol. The van der Waals surface area contributed by atoms with Gasteiger partial charge in [0.2, 0.25) is 0 Å². The Morgan fingerprint density at radius 1 is 1.23 bits per heavy atom. The largest absolute Gasteiger partial charge is 0.493 e. The number of aliphatic hydroxyl groups is 2. The van der Waals surface area contributed by atoms with Gasteiger partial charge < -0.3 is 14.9 Å². The van der Waals surface area contributed by atoms with E-state index in [4.69, 9.17) is 4.74 Å². The van der Waals surface area contributed by atoms with E-state index in [-0.39, 0.29) is 0 Å². The quantitative estimate of drug-likeness (QED) is 0.439. The Labute approximate surface area is 182 Å². The number of fused-ring (bicyclic) bond motifs is 1. The summed E-state index contributed by atoms with van der Waals surface area (Å²) in [6, 6.07) is 7.56. The van der Waals surface area contributed by atoms with E-state index in [9.17, 15) is 10.2 Å². The van der Waals surface area contributed by atoms with Crippen LogP contribution in [0, 0.1) is 0 Å². The van der Waals surface area contributed by atoms with Crippen LogP contribution in [0.1, 0.15) is 60.4 Å². The lowest BCUT2D eigenvalue weighted by Crippen LogP contribution is -2.12. The molecule has 3 heterocycles. The number of ether oxygens (including phenoxy) is 1. The molecule has 0 amide bonds. The minimum Gasteiger partial charge on any atom is -0.493 e. The Bertz CT molecular complexity index is 1220. The molecule has 160 valence electrons. The van der Waals surface area contributed by atoms with Crippen LogP contribution in [0.3, 0.4) is 0 Å². The van der Waals surface area contributed by atoms with Crippen LogP contribution in [0.2, 0.25) is 0 Å². The van der Waals surface area contributed by atoms with Crippen LogP contribution in [0.5, 0.6) is 5.75 Å². The molecule has 0 saturated heterocycles. The highest BCUT2D eigenvalue weighted by Crippen LogP contribution is 2.47. The average molecular weight is 438 g/mol. The number of nitrogens with zero attached hydrogens (tertiary/aromatic N) is 5. The van der Waals surface area contributed by atoms with E-state index in [0.29, 0.717) is 24.6 Å². The van der Waals surface area contributed by atoms with Crippen LogP contribution in [-0.4, -0.2) is 46.8 Å². The van der Waals surface area contributed by atoms with Crippen molar-refractivity contribution in [2.24, 2.45) is 0 Å². The van der Waals surface area contributed by atoms with Crippen LogP contribution in [-0.2, 0) is 0 Å². The van der Waals surface area contributed by atoms with Gasteiger partial charge in [-0.2, -0.15) is 0 Å². The summed E-state index contributed by atoms with van der Waals surface area (Å²) in [6.45, 7) is 0.502. The zero-order chi connectivity index (χ0) is 21.0. The van der Waals surface area contributed by atoms with E-state index < -0.39 is 11.7 Å². The van der Waals surface area contributed by atoms with Crippen molar-refractivity contribution in [2.75, 3.05) is 6.61 Å². The van der Waals surface area contributed by atoms with Crippen LogP contribution in [0.25, 0.3) is 10.5 Å². The van der Waals surface area contributed by atoms with E-state index >= 15 is 0 Å². The third kappa shape index (κ3) is 3.62. The summed E-state index contributed by atoms with van der Waals surface area (Å²) >= 11 is 1.70. The van der Waals surface area contributed by atoms with Crippen molar-refractivity contribution in [3.8, 4) is 11.4 Å². The summed E-state index contributed by atoms with van der Waals surface area (Å²) < 4.78 is 9.35. The maximum atomic E-state index is 11.1. The Hall–Kier alpha value is -2.75. The standard InChI is InChI=1S/C22H23N5O3S/c28-20(19-21(14-1-2-14)31-18-11-23-13-26(18)19)17-12-27(25-24-17)15-3-5-16(6-4-15)30-10-9-22(29)7-8-22/h3-6,11-14,20,28-29H,1-2,7-10H2/t20-/m0/s1. The average Bonchev–Trinajstić information content (AvgIpc) is 3.58. The molecule has 2 aliphatic rings. The van der Waals surface area contributed by atoms with E-state index in [1.54, 1.807) is 28.5 Å². The second kappa shape index (κ2) is 7.15. The Morgan fingerprint density at radius 3 is 2.77 bits per heavy atom. The van der Waals surface area contributed by atoms with E-state index in [0.717, 1.165) is 47.6 Å². The fourth-order valence-corrected chi connectivity index (χ4v) is 5.14. The van der Waals surface area contributed by atoms with Crippen molar-refractivity contribution in [1.82, 2.24) is 24.4 Å². The second-order valence-corrected chi connectivity index (χ2v) is 9.60. The highest BCUT2D eigenvalue weighted by atomic mass is 32.1. The minimum absolute atomic E-state index is 0.498. The molecule has 2 saturated carbocycles. The van der Waals surface area contributed by atoms with Crippen molar-refractivity contribution in [2.45, 2.75) is 49.7 Å². The molecular formula is C22H23N5O3S. The van der Waals surface area contributed by atoms with Crippen molar-refractivity contribution in [1.29, 1.82) is 0 Å². The van der Waals surface area contributed by atoms with Gasteiger partial charge in [-0.25, -0.2) is 9.67 Å². The molecule has 2 fully saturated rings. The highest BCUT2D eigenvalue weighted by Gasteiger charge is 2.39. The third-order valence-electron chi connectivity index (χ3n) is 6.09. The van der Waals surface area contributed by atoms with Gasteiger partial charge in [0.25, 0.3) is 0 Å². The van der Waals surface area contributed by atoms with Crippen molar-refractivity contribution < 1.29 is 14.9 Å². The van der Waals surface area contributed by atoms with Gasteiger partial charge in [0.1, 0.15) is 28.7 Å². The molecule has 0 spiro atoms. The predicted octanol–water partition coefficient (Wildman–Crippen LogP) is 3.23. The first-order valence-electron chi connectivity index (χ1n) is 10.6. The summed E-state index contributed by atoms with van der Waals surface area (Å²) in [5.74, 6) is 1.28. The van der Waals surface area contributed by atoms with Gasteiger partial charge in [-0.1, -0.05) is 5.21 Å². The smallest absolute Gasteiger partial charge is 0.141 e. The molecule has 0 unspecified atom stereocenters. The summed E-state index contributed by atoms with van der Waals surface area (Å²) in [5, 5.41) is 29.5. The normalized spacial score (nSPS) is 18.4. The number of benzene rings is 1. The molecule has 2 N–H and O–H groups in total. The number of aliphatic hydroxyl groups excluding tert-OH is 1. The number of hydrogen-bond donors (Lipinski definition) is 2. The molecule has 6 rings (SSSR count). The van der Waals surface area contributed by atoms with Gasteiger partial charge >= 0.3 is 0 Å². The number of hydrogen-bond acceptors (Lipinski definition) is 7. The van der Waals surface area contributed by atoms with Crippen molar-refractivity contribution in [3.05, 3.63) is 59.3 Å². The fraction of sp³-hybridized carbons (Fsp3) is 0.409. The van der Waals surface area contributed by atoms with Gasteiger partial charge in [0.05, 0.1) is 36.0 Å². The number of thiazole rings is 1. The number of imidazole rings is 1. The highest BCUT2D eigenvalue weighted by molar-refractivity contribution is 7.17. The Morgan fingerprint density at radius 2 is 2.03 bits per heavy atom. The molecule has 8 nitrogen and oxygen atoms in total. The van der Waals surface area contributed by atoms with E-state index in [2.05, 4.69) is 15.3 Å². The monoisotopic (exact) mass is 437 g/mol. The molecule has 4 aromatic rings. The van der Waals surface area contributed by atoms with Gasteiger partial charge in [-0.15, -0.1) is 16.4 Å². The summed E-state index contributed by atoms with van der Waals surface area (Å²) in [4.78, 5) is 6.47. The van der Waals surface area contributed by atoms with Crippen LogP contribution in [0.15, 0.2) is 43.0 Å². The zero-order valence-electron chi connectivity index (χ0n) is 16.9. The third-order valence-corrected chi connectivity index (χ3v) is 7.37. The topological polar surface area (TPSA) is 97.7 Å². The Balaban J connectivity index is 1.20. The molecule has 0 radical (unpaired) electrons. The summed E-state index contributed by atoms with van der Waals surface area (Å²) in [7, 11) is 0. The van der Waals surface area contributed by atoms with E-state index in [1.165, 1.54) is 4.88 Å². The number of rotatable bonds is 8. The minimum atomic E-state index is -0.858. The van der Waals surface area contributed by atoms with E-state index in [1.807, 2.05) is 34.9 Å². The van der Waals surface area contributed by atoms with Crippen molar-refractivity contribution in [3.63, 3.8) is 0 Å². The van der Waals surface area contributed by atoms with Crippen LogP contribution < -0.4 is 4.74 Å². The van der Waals surface area contributed by atoms with Crippen LogP contribution >= 0.6 is 11.3 Å². The fourth-order valence-electron chi connectivity index (χ4n) is 3.84. The second-order valence-electron chi connectivity index (χ2n) is 8.53. The molecule has 0 aliphatic heterocycles. The molecule has 3 aromatic heterocycles. The number of aromatic nitrogens is 5. The first kappa shape index (κ1) is 19.0. The Kier molecular flexibility index (Phi) is 4.38. The maximum Gasteiger partial charge on any atom is 0.141 e. The van der Waals surface area contributed by atoms with Gasteiger partial charge in [0.15, 0.2) is 0 Å². The first-order valence-corrected chi connectivity index (χ1v) is 11.4. The van der Waals surface area contributed by atoms with Crippen molar-refractivity contribution >= 4 is 16.2 Å². The maximum absolute atomic E-state index is 11.1. The molecule has 1 atom stereocenters. The SMILES string of the molecule is O[C@@H](c1cn(-c2ccc(OCCC3(O)CC3)cc2)nn1)c1c(C2CC2)sc2cncn12. The molecule has 9 heteroatoms. The summed E-state index contributed by atoms with van der Waals surface area (Å²) in [5.41, 5.74) is 1.70. The van der Waals surface area contributed by atoms with Gasteiger partial charge in [-0.3, -0.25) is 4.40 Å². The lowest BCUT2D eigenvalue weighted by Gasteiger charge is -2.10. The lowest BCUT2D eigenvalue weighted by atomic mass is 10.1. The zero-order valence-corrected chi connectivity index (χ0v) is 17.7. The molecule has 31 heavy (non-hydrogen) atoms. The van der Waals surface area contributed by atoms with Gasteiger partial charge in [-0.05, 0) is 55.9 Å². The lowest BCUT2D eigenvalue weighted by molar-refractivity contribution is 0.117. The predicted molar refractivity (Wildman–Crippen MR) is 115 cm³/mol. The molecule has 1 aromatic carbocycles. The summed E-state index contributed by atoms with van der Waals surface area (Å²) in [6.07, 6.45) is 9.22.